The number of hydrogen-bond donors (Lipinski definition) is 1. The molecule has 174 valence electrons. The summed E-state index contributed by atoms with van der Waals surface area (Å²) in [5, 5.41) is 3.14. The maximum Gasteiger partial charge on any atom is 0.253 e. The van der Waals surface area contributed by atoms with Gasteiger partial charge in [-0.25, -0.2) is 0 Å². The van der Waals surface area contributed by atoms with Crippen molar-refractivity contribution in [3.63, 3.8) is 0 Å². The van der Waals surface area contributed by atoms with Gasteiger partial charge in [-0.2, -0.15) is 0 Å². The number of amides is 3. The Morgan fingerprint density at radius 3 is 2.44 bits per heavy atom. The summed E-state index contributed by atoms with van der Waals surface area (Å²) in [7, 11) is 0. The fourth-order valence-corrected chi connectivity index (χ4v) is 5.41. The summed E-state index contributed by atoms with van der Waals surface area (Å²) >= 11 is 0. The normalized spacial score (nSPS) is 21.1. The zero-order valence-electron chi connectivity index (χ0n) is 19.4. The van der Waals surface area contributed by atoms with Gasteiger partial charge in [0, 0.05) is 31.2 Å². The molecule has 1 atom stereocenters. The first-order valence-electron chi connectivity index (χ1n) is 12.3. The van der Waals surface area contributed by atoms with Crippen LogP contribution in [0.2, 0.25) is 0 Å². The fourth-order valence-electron chi connectivity index (χ4n) is 5.41. The Morgan fingerprint density at radius 2 is 1.72 bits per heavy atom. The van der Waals surface area contributed by atoms with Crippen LogP contribution < -0.4 is 15.1 Å². The molecule has 1 saturated carbocycles. The van der Waals surface area contributed by atoms with E-state index in [0.717, 1.165) is 57.2 Å². The van der Waals surface area contributed by atoms with E-state index in [-0.39, 0.29) is 36.3 Å². The van der Waals surface area contributed by atoms with E-state index in [1.807, 2.05) is 32.0 Å². The topological polar surface area (TPSA) is 73.0 Å². The van der Waals surface area contributed by atoms with Gasteiger partial charge < -0.3 is 15.1 Å². The van der Waals surface area contributed by atoms with Crippen LogP contribution in [-0.4, -0.2) is 60.9 Å². The third kappa shape index (κ3) is 4.48. The van der Waals surface area contributed by atoms with Crippen molar-refractivity contribution in [2.45, 2.75) is 77.3 Å². The molecule has 2 fully saturated rings. The van der Waals surface area contributed by atoms with Crippen LogP contribution in [0.25, 0.3) is 0 Å². The monoisotopic (exact) mass is 440 g/mol. The van der Waals surface area contributed by atoms with E-state index >= 15 is 0 Å². The Kier molecular flexibility index (Phi) is 7.01. The predicted octanol–water partition coefficient (Wildman–Crippen LogP) is 3.32. The first kappa shape index (κ1) is 22.6. The van der Waals surface area contributed by atoms with Gasteiger partial charge in [-0.05, 0) is 64.2 Å². The van der Waals surface area contributed by atoms with Gasteiger partial charge in [0.2, 0.25) is 11.8 Å². The highest BCUT2D eigenvalue weighted by atomic mass is 16.2. The minimum absolute atomic E-state index is 0.00951. The molecule has 7 heteroatoms. The molecule has 1 aliphatic carbocycles. The molecule has 2 aliphatic heterocycles. The van der Waals surface area contributed by atoms with Crippen LogP contribution in [0, 0.1) is 0 Å². The number of fused-ring (bicyclic) bond motifs is 3. The molecule has 0 spiro atoms. The minimum atomic E-state index is -0.219. The summed E-state index contributed by atoms with van der Waals surface area (Å²) in [5.41, 5.74) is 2.20. The van der Waals surface area contributed by atoms with E-state index in [2.05, 4.69) is 10.2 Å². The number of carbonyl (C=O) groups is 3. The Morgan fingerprint density at radius 1 is 1.00 bits per heavy atom. The second kappa shape index (κ2) is 9.92. The number of anilines is 2. The van der Waals surface area contributed by atoms with Crippen LogP contribution in [-0.2, 0) is 9.59 Å². The first-order chi connectivity index (χ1) is 15.5. The maximum atomic E-state index is 13.5. The molecule has 1 N–H and O–H groups in total. The number of piperidine rings is 1. The summed E-state index contributed by atoms with van der Waals surface area (Å²) in [5.74, 6) is -0.179. The number of nitrogens with one attached hydrogen (secondary N) is 1. The average Bonchev–Trinajstić information content (AvgIpc) is 2.82. The van der Waals surface area contributed by atoms with Crippen molar-refractivity contribution in [1.29, 1.82) is 0 Å². The lowest BCUT2D eigenvalue weighted by molar-refractivity contribution is -0.125. The van der Waals surface area contributed by atoms with Crippen molar-refractivity contribution in [3.05, 3.63) is 23.8 Å². The molecule has 0 unspecified atom stereocenters. The molecule has 4 rings (SSSR count). The Balaban J connectivity index is 1.63. The van der Waals surface area contributed by atoms with Crippen molar-refractivity contribution >= 4 is 29.1 Å². The lowest BCUT2D eigenvalue weighted by Gasteiger charge is -2.45. The molecule has 32 heavy (non-hydrogen) atoms. The number of nitrogens with zero attached hydrogens (tertiary/aromatic N) is 3. The van der Waals surface area contributed by atoms with E-state index < -0.39 is 0 Å². The highest BCUT2D eigenvalue weighted by Gasteiger charge is 2.40. The largest absolute Gasteiger partial charge is 0.358 e. The first-order valence-corrected chi connectivity index (χ1v) is 12.3. The molecule has 2 heterocycles. The molecule has 0 aromatic heterocycles. The van der Waals surface area contributed by atoms with Gasteiger partial charge in [0.05, 0.1) is 11.4 Å². The van der Waals surface area contributed by atoms with E-state index in [0.29, 0.717) is 24.3 Å². The van der Waals surface area contributed by atoms with Crippen molar-refractivity contribution in [3.8, 4) is 0 Å². The minimum Gasteiger partial charge on any atom is -0.358 e. The maximum absolute atomic E-state index is 13.5. The lowest BCUT2D eigenvalue weighted by atomic mass is 9.94. The SMILES string of the molecule is CCN(CC)C(=O)c1ccc2c(c1)N(CC(=O)NC1CCCCC1)C(=O)[C@H]1CCCCN21. The van der Waals surface area contributed by atoms with Crippen LogP contribution in [0.3, 0.4) is 0 Å². The second-order valence-electron chi connectivity index (χ2n) is 9.21. The molecule has 1 aromatic rings. The average molecular weight is 441 g/mol. The van der Waals surface area contributed by atoms with Crippen LogP contribution in [0.15, 0.2) is 18.2 Å². The summed E-state index contributed by atoms with van der Waals surface area (Å²) in [4.78, 5) is 45.0. The Labute approximate surface area is 191 Å². The van der Waals surface area contributed by atoms with E-state index in [9.17, 15) is 14.4 Å². The summed E-state index contributed by atoms with van der Waals surface area (Å²) in [6.07, 6.45) is 8.40. The zero-order chi connectivity index (χ0) is 22.7. The molecule has 7 nitrogen and oxygen atoms in total. The summed E-state index contributed by atoms with van der Waals surface area (Å²) in [6.45, 7) is 6.03. The third-order valence-corrected chi connectivity index (χ3v) is 7.20. The molecular weight excluding hydrogens is 404 g/mol. The van der Waals surface area contributed by atoms with Gasteiger partial charge >= 0.3 is 0 Å². The number of benzene rings is 1. The third-order valence-electron chi connectivity index (χ3n) is 7.20. The van der Waals surface area contributed by atoms with Gasteiger partial charge in [0.25, 0.3) is 5.91 Å². The van der Waals surface area contributed by atoms with Gasteiger partial charge in [0.15, 0.2) is 0 Å². The number of carbonyl (C=O) groups excluding carboxylic acids is 3. The molecule has 3 amide bonds. The smallest absolute Gasteiger partial charge is 0.253 e. The Bertz CT molecular complexity index is 861. The highest BCUT2D eigenvalue weighted by Crippen LogP contribution is 2.40. The van der Waals surface area contributed by atoms with Crippen molar-refractivity contribution < 1.29 is 14.4 Å². The van der Waals surface area contributed by atoms with Crippen molar-refractivity contribution in [2.75, 3.05) is 36.0 Å². The molecule has 0 bridgehead atoms. The predicted molar refractivity (Wildman–Crippen MR) is 126 cm³/mol. The lowest BCUT2D eigenvalue weighted by Crippen LogP contribution is -2.57. The van der Waals surface area contributed by atoms with Gasteiger partial charge in [-0.15, -0.1) is 0 Å². The standard InChI is InChI=1S/C25H36N4O3/c1-3-27(4-2)24(31)18-13-14-20-22(16-18)29(25(32)21-12-8-9-15-28(20)21)17-23(30)26-19-10-6-5-7-11-19/h13-14,16,19,21H,3-12,15,17H2,1-2H3,(H,26,30)/t21-/m1/s1. The Hall–Kier alpha value is -2.57. The van der Waals surface area contributed by atoms with Crippen LogP contribution in [0.1, 0.15) is 75.6 Å². The fraction of sp³-hybridized carbons (Fsp3) is 0.640. The summed E-state index contributed by atoms with van der Waals surface area (Å²) in [6, 6.07) is 5.62. The van der Waals surface area contributed by atoms with E-state index in [4.69, 9.17) is 0 Å². The zero-order valence-corrected chi connectivity index (χ0v) is 19.4. The van der Waals surface area contributed by atoms with Crippen LogP contribution in [0.4, 0.5) is 11.4 Å². The molecule has 1 saturated heterocycles. The highest BCUT2D eigenvalue weighted by molar-refractivity contribution is 6.09. The van der Waals surface area contributed by atoms with Crippen molar-refractivity contribution in [1.82, 2.24) is 10.2 Å². The van der Waals surface area contributed by atoms with Gasteiger partial charge in [-0.3, -0.25) is 19.3 Å². The van der Waals surface area contributed by atoms with E-state index in [1.54, 1.807) is 9.80 Å². The van der Waals surface area contributed by atoms with Crippen molar-refractivity contribution in [2.24, 2.45) is 0 Å². The molecule has 3 aliphatic rings. The van der Waals surface area contributed by atoms with E-state index in [1.165, 1.54) is 6.42 Å². The molecular formula is C25H36N4O3. The van der Waals surface area contributed by atoms with Gasteiger partial charge in [0.1, 0.15) is 12.6 Å². The summed E-state index contributed by atoms with van der Waals surface area (Å²) < 4.78 is 0. The molecule has 0 radical (unpaired) electrons. The van der Waals surface area contributed by atoms with Crippen LogP contribution >= 0.6 is 0 Å². The van der Waals surface area contributed by atoms with Gasteiger partial charge in [-0.1, -0.05) is 19.3 Å². The quantitative estimate of drug-likeness (QED) is 0.737. The van der Waals surface area contributed by atoms with Crippen LogP contribution in [0.5, 0.6) is 0 Å². The number of hydrogen-bond acceptors (Lipinski definition) is 4. The number of rotatable bonds is 6. The second-order valence-corrected chi connectivity index (χ2v) is 9.21. The molecule has 1 aromatic carbocycles.